The first-order valence-corrected chi connectivity index (χ1v) is 9.26. The number of hydrogen-bond donors (Lipinski definition) is 0. The van der Waals surface area contributed by atoms with Crippen LogP contribution in [0.3, 0.4) is 0 Å². The monoisotopic (exact) mass is 377 g/mol. The van der Waals surface area contributed by atoms with E-state index in [1.807, 2.05) is 37.3 Å². The molecule has 28 heavy (non-hydrogen) atoms. The van der Waals surface area contributed by atoms with Crippen molar-refractivity contribution in [3.8, 4) is 6.07 Å². The fourth-order valence-corrected chi connectivity index (χ4v) is 3.59. The first-order valence-electron chi connectivity index (χ1n) is 9.26. The number of nitrogens with zero attached hydrogens (tertiary/aromatic N) is 3. The van der Waals surface area contributed by atoms with Gasteiger partial charge in [0.1, 0.15) is 0 Å². The minimum Gasteiger partial charge on any atom is -0.469 e. The van der Waals surface area contributed by atoms with Gasteiger partial charge in [-0.15, -0.1) is 0 Å². The third kappa shape index (κ3) is 4.15. The van der Waals surface area contributed by atoms with Gasteiger partial charge in [0.2, 0.25) is 0 Å². The fraction of sp³-hybridized carbons (Fsp3) is 0.318. The Hall–Kier alpha value is -3.33. The number of carbonyl (C=O) groups is 2. The van der Waals surface area contributed by atoms with Crippen molar-refractivity contribution in [2.45, 2.75) is 25.8 Å². The number of hydrogen-bond acceptors (Lipinski definition) is 4. The van der Waals surface area contributed by atoms with Gasteiger partial charge in [0.15, 0.2) is 0 Å². The van der Waals surface area contributed by atoms with Gasteiger partial charge >= 0.3 is 12.0 Å². The highest BCUT2D eigenvalue weighted by Crippen LogP contribution is 2.32. The third-order valence-corrected chi connectivity index (χ3v) is 4.96. The number of esters is 1. The lowest BCUT2D eigenvalue weighted by atomic mass is 9.97. The molecule has 0 saturated carbocycles. The molecule has 0 bridgehead atoms. The van der Waals surface area contributed by atoms with Crippen molar-refractivity contribution in [2.24, 2.45) is 5.92 Å². The molecule has 2 aromatic rings. The number of para-hydroxylation sites is 1. The Balaban J connectivity index is 1.86. The van der Waals surface area contributed by atoms with Gasteiger partial charge in [0.25, 0.3) is 0 Å². The summed E-state index contributed by atoms with van der Waals surface area (Å²) in [6.07, 6.45) is 1.00. The van der Waals surface area contributed by atoms with Crippen molar-refractivity contribution in [3.63, 3.8) is 0 Å². The number of rotatable bonds is 6. The molecule has 2 aromatic carbocycles. The molecule has 0 spiro atoms. The van der Waals surface area contributed by atoms with Crippen LogP contribution < -0.4 is 9.80 Å². The first-order chi connectivity index (χ1) is 13.5. The Kier molecular flexibility index (Phi) is 5.95. The van der Waals surface area contributed by atoms with Gasteiger partial charge in [-0.3, -0.25) is 14.6 Å². The molecule has 1 aliphatic rings. The van der Waals surface area contributed by atoms with Gasteiger partial charge < -0.3 is 4.74 Å². The zero-order valence-corrected chi connectivity index (χ0v) is 16.0. The van der Waals surface area contributed by atoms with Crippen molar-refractivity contribution in [3.05, 3.63) is 60.2 Å². The molecular formula is C22H23N3O3. The van der Waals surface area contributed by atoms with E-state index < -0.39 is 0 Å². The zero-order chi connectivity index (χ0) is 20.1. The minimum atomic E-state index is -0.243. The Morgan fingerprint density at radius 3 is 2.46 bits per heavy atom. The molecule has 0 aliphatic carbocycles. The second-order valence-corrected chi connectivity index (χ2v) is 7.03. The molecule has 1 fully saturated rings. The Labute approximate surface area is 164 Å². The largest absolute Gasteiger partial charge is 0.469 e. The summed E-state index contributed by atoms with van der Waals surface area (Å²) in [7, 11) is 1.39. The predicted octanol–water partition coefficient (Wildman–Crippen LogP) is 3.96. The summed E-state index contributed by atoms with van der Waals surface area (Å²) in [6, 6.07) is 18.5. The lowest BCUT2D eigenvalue weighted by molar-refractivity contribution is -0.141. The third-order valence-electron chi connectivity index (χ3n) is 4.96. The van der Waals surface area contributed by atoms with Crippen LogP contribution in [-0.2, 0) is 9.53 Å². The van der Waals surface area contributed by atoms with Crippen molar-refractivity contribution in [1.29, 1.82) is 5.26 Å². The smallest absolute Gasteiger partial charge is 0.329 e. The van der Waals surface area contributed by atoms with Crippen molar-refractivity contribution >= 4 is 23.4 Å². The lowest BCUT2D eigenvalue weighted by Crippen LogP contribution is -2.36. The molecule has 3 rings (SSSR count). The first kappa shape index (κ1) is 19.4. The van der Waals surface area contributed by atoms with E-state index >= 15 is 0 Å². The van der Waals surface area contributed by atoms with Crippen LogP contribution in [0.15, 0.2) is 54.6 Å². The van der Waals surface area contributed by atoms with E-state index in [9.17, 15) is 9.59 Å². The highest BCUT2D eigenvalue weighted by atomic mass is 16.5. The van der Waals surface area contributed by atoms with Crippen LogP contribution in [0.4, 0.5) is 16.2 Å². The number of methoxy groups -OCH3 is 1. The molecule has 0 radical (unpaired) electrons. The molecular weight excluding hydrogens is 354 g/mol. The molecule has 1 saturated heterocycles. The predicted molar refractivity (Wildman–Crippen MR) is 107 cm³/mol. The summed E-state index contributed by atoms with van der Waals surface area (Å²) >= 11 is 0. The molecule has 1 heterocycles. The normalized spacial score (nSPS) is 17.3. The topological polar surface area (TPSA) is 73.6 Å². The minimum absolute atomic E-state index is 0.0646. The molecule has 2 unspecified atom stereocenters. The van der Waals surface area contributed by atoms with Crippen molar-refractivity contribution < 1.29 is 14.3 Å². The molecule has 2 amide bonds. The summed E-state index contributed by atoms with van der Waals surface area (Å²) in [5.74, 6) is -0.163. The van der Waals surface area contributed by atoms with E-state index in [2.05, 4.69) is 6.07 Å². The van der Waals surface area contributed by atoms with Gasteiger partial charge in [0, 0.05) is 24.3 Å². The van der Waals surface area contributed by atoms with Gasteiger partial charge in [-0.2, -0.15) is 5.26 Å². The maximum absolute atomic E-state index is 13.2. The average molecular weight is 377 g/mol. The summed E-state index contributed by atoms with van der Waals surface area (Å²) in [4.78, 5) is 28.4. The number of carbonyl (C=O) groups excluding carboxylic acids is 2. The van der Waals surface area contributed by atoms with Crippen LogP contribution in [0, 0.1) is 17.2 Å². The van der Waals surface area contributed by atoms with Gasteiger partial charge in [-0.05, 0) is 48.7 Å². The molecule has 2 atom stereocenters. The molecule has 6 nitrogen and oxygen atoms in total. The standard InChI is InChI=1S/C22H23N3O3/c1-16(13-21(26)28-2)12-20-15-24(18-10-8-17(14-23)9-11-18)22(27)25(20)19-6-4-3-5-7-19/h3-11,16,20H,12-13,15H2,1-2H3. The molecule has 6 heteroatoms. The molecule has 0 aromatic heterocycles. The molecule has 0 N–H and O–H groups in total. The summed E-state index contributed by atoms with van der Waals surface area (Å²) in [5.41, 5.74) is 2.14. The van der Waals surface area contributed by atoms with Gasteiger partial charge in [0.05, 0.1) is 24.8 Å². The molecule has 144 valence electrons. The number of anilines is 2. The SMILES string of the molecule is COC(=O)CC(C)CC1CN(c2ccc(C#N)cc2)C(=O)N1c1ccccc1. The van der Waals surface area contributed by atoms with Crippen LogP contribution in [-0.4, -0.2) is 31.7 Å². The van der Waals surface area contributed by atoms with E-state index in [4.69, 9.17) is 10.00 Å². The number of ether oxygens (including phenoxy) is 1. The Bertz CT molecular complexity index is 874. The van der Waals surface area contributed by atoms with Crippen LogP contribution in [0.25, 0.3) is 0 Å². The fourth-order valence-electron chi connectivity index (χ4n) is 3.59. The van der Waals surface area contributed by atoms with Crippen LogP contribution in [0.5, 0.6) is 0 Å². The Morgan fingerprint density at radius 2 is 1.86 bits per heavy atom. The highest BCUT2D eigenvalue weighted by Gasteiger charge is 2.39. The van der Waals surface area contributed by atoms with Gasteiger partial charge in [-0.1, -0.05) is 25.1 Å². The second kappa shape index (κ2) is 8.57. The lowest BCUT2D eigenvalue weighted by Gasteiger charge is -2.25. The number of benzene rings is 2. The Morgan fingerprint density at radius 1 is 1.18 bits per heavy atom. The van der Waals surface area contributed by atoms with E-state index in [-0.39, 0.29) is 24.0 Å². The van der Waals surface area contributed by atoms with Crippen LogP contribution in [0.2, 0.25) is 0 Å². The van der Waals surface area contributed by atoms with E-state index in [0.717, 1.165) is 11.4 Å². The summed E-state index contributed by atoms with van der Waals surface area (Å²) in [6.45, 7) is 2.51. The van der Waals surface area contributed by atoms with Gasteiger partial charge in [-0.25, -0.2) is 4.79 Å². The van der Waals surface area contributed by atoms with Crippen molar-refractivity contribution in [2.75, 3.05) is 23.5 Å². The summed E-state index contributed by atoms with van der Waals surface area (Å²) < 4.78 is 4.77. The number of nitriles is 1. The second-order valence-electron chi connectivity index (χ2n) is 7.03. The average Bonchev–Trinajstić information content (AvgIpc) is 3.04. The quantitative estimate of drug-likeness (QED) is 0.714. The number of amides is 2. The van der Waals surface area contributed by atoms with E-state index in [1.54, 1.807) is 34.1 Å². The zero-order valence-electron chi connectivity index (χ0n) is 16.0. The molecule has 1 aliphatic heterocycles. The maximum Gasteiger partial charge on any atom is 0.329 e. The highest BCUT2D eigenvalue weighted by molar-refractivity contribution is 6.06. The van der Waals surface area contributed by atoms with Crippen LogP contribution >= 0.6 is 0 Å². The number of urea groups is 1. The van der Waals surface area contributed by atoms with Crippen molar-refractivity contribution in [1.82, 2.24) is 0 Å². The maximum atomic E-state index is 13.2. The summed E-state index contributed by atoms with van der Waals surface area (Å²) in [5, 5.41) is 8.99. The van der Waals surface area contributed by atoms with Crippen LogP contribution in [0.1, 0.15) is 25.3 Å². The van der Waals surface area contributed by atoms with E-state index in [1.165, 1.54) is 7.11 Å². The van der Waals surface area contributed by atoms with E-state index in [0.29, 0.717) is 24.9 Å².